The zero-order valence-electron chi connectivity index (χ0n) is 14.6. The molecule has 134 valence electrons. The van der Waals surface area contributed by atoms with E-state index in [0.717, 1.165) is 11.4 Å². The van der Waals surface area contributed by atoms with Crippen molar-refractivity contribution in [3.8, 4) is 0 Å². The predicted molar refractivity (Wildman–Crippen MR) is 95.1 cm³/mol. The molecule has 0 fully saturated rings. The molecule has 1 N–H and O–H groups in total. The van der Waals surface area contributed by atoms with E-state index in [1.165, 1.54) is 18.2 Å². The Morgan fingerprint density at radius 1 is 1.19 bits per heavy atom. The van der Waals surface area contributed by atoms with Crippen LogP contribution in [0.25, 0.3) is 0 Å². The second-order valence-corrected chi connectivity index (χ2v) is 6.02. The highest BCUT2D eigenvalue weighted by Crippen LogP contribution is 2.21. The van der Waals surface area contributed by atoms with Crippen molar-refractivity contribution in [2.45, 2.75) is 27.4 Å². The van der Waals surface area contributed by atoms with E-state index in [9.17, 15) is 14.9 Å². The van der Waals surface area contributed by atoms with Gasteiger partial charge in [-0.3, -0.25) is 19.6 Å². The Labute approximate surface area is 149 Å². The lowest BCUT2D eigenvalue weighted by Gasteiger charge is -2.07. The minimum Gasteiger partial charge on any atom is -0.320 e. The Bertz CT molecular complexity index is 988. The molecule has 3 rings (SSSR count). The van der Waals surface area contributed by atoms with E-state index in [2.05, 4.69) is 15.5 Å². The molecule has 0 aliphatic rings. The molecule has 2 heterocycles. The third kappa shape index (κ3) is 3.61. The van der Waals surface area contributed by atoms with Gasteiger partial charge >= 0.3 is 0 Å². The van der Waals surface area contributed by atoms with Crippen molar-refractivity contribution >= 4 is 17.3 Å². The summed E-state index contributed by atoms with van der Waals surface area (Å²) in [5.41, 5.74) is 3.27. The van der Waals surface area contributed by atoms with E-state index in [1.807, 2.05) is 19.9 Å². The molecule has 9 heteroatoms. The number of amides is 1. The van der Waals surface area contributed by atoms with Gasteiger partial charge in [-0.05, 0) is 44.5 Å². The van der Waals surface area contributed by atoms with Crippen LogP contribution in [0.15, 0.2) is 36.5 Å². The second-order valence-electron chi connectivity index (χ2n) is 6.02. The number of aromatic nitrogens is 4. The molecule has 1 amide bonds. The number of non-ortho nitro benzene ring substituents is 1. The van der Waals surface area contributed by atoms with Gasteiger partial charge in [-0.25, -0.2) is 4.68 Å². The van der Waals surface area contributed by atoms with Crippen molar-refractivity contribution < 1.29 is 9.72 Å². The van der Waals surface area contributed by atoms with Crippen LogP contribution in [0, 0.1) is 30.9 Å². The van der Waals surface area contributed by atoms with Crippen LogP contribution in [-0.4, -0.2) is 30.4 Å². The number of anilines is 1. The van der Waals surface area contributed by atoms with E-state index in [0.29, 0.717) is 17.9 Å². The summed E-state index contributed by atoms with van der Waals surface area (Å²) in [6.07, 6.45) is 1.70. The monoisotopic (exact) mass is 354 g/mol. The molecule has 0 bridgehead atoms. The number of carbonyl (C=O) groups excluding carboxylic acids is 1. The molecule has 1 aromatic carbocycles. The van der Waals surface area contributed by atoms with Crippen LogP contribution in [0.4, 0.5) is 11.4 Å². The lowest BCUT2D eigenvalue weighted by atomic mass is 10.1. The maximum atomic E-state index is 12.4. The summed E-state index contributed by atoms with van der Waals surface area (Å²) in [5, 5.41) is 22.1. The molecule has 9 nitrogen and oxygen atoms in total. The zero-order chi connectivity index (χ0) is 18.8. The Kier molecular flexibility index (Phi) is 4.53. The molecule has 0 radical (unpaired) electrons. The fourth-order valence-corrected chi connectivity index (χ4v) is 2.60. The van der Waals surface area contributed by atoms with Crippen molar-refractivity contribution in [1.82, 2.24) is 19.6 Å². The molecule has 0 unspecified atom stereocenters. The molecule has 0 saturated heterocycles. The van der Waals surface area contributed by atoms with E-state index in [-0.39, 0.29) is 17.3 Å². The first-order valence-corrected chi connectivity index (χ1v) is 7.94. The van der Waals surface area contributed by atoms with Crippen LogP contribution in [0.1, 0.15) is 27.4 Å². The molecule has 0 spiro atoms. The summed E-state index contributed by atoms with van der Waals surface area (Å²) in [5.74, 6) is -0.380. The van der Waals surface area contributed by atoms with Crippen LogP contribution in [0.5, 0.6) is 0 Å². The molecule has 2 aromatic heterocycles. The normalized spacial score (nSPS) is 10.7. The first-order valence-electron chi connectivity index (χ1n) is 7.94. The van der Waals surface area contributed by atoms with E-state index >= 15 is 0 Å². The summed E-state index contributed by atoms with van der Waals surface area (Å²) in [6, 6.07) is 7.86. The van der Waals surface area contributed by atoms with Gasteiger partial charge in [0.25, 0.3) is 11.6 Å². The first kappa shape index (κ1) is 17.3. The van der Waals surface area contributed by atoms with Gasteiger partial charge in [-0.2, -0.15) is 10.2 Å². The van der Waals surface area contributed by atoms with E-state index in [4.69, 9.17) is 0 Å². The maximum absolute atomic E-state index is 12.4. The number of aryl methyl sites for hydroxylation is 3. The topological polar surface area (TPSA) is 108 Å². The molecule has 0 aliphatic carbocycles. The molecule has 0 aliphatic heterocycles. The molecule has 3 aromatic rings. The fourth-order valence-electron chi connectivity index (χ4n) is 2.60. The number of nitrogens with one attached hydrogen (secondary N) is 1. The standard InChI is InChI=1S/C17H18N6O3/c1-11-8-14(23(25)26)4-5-15(11)18-17(24)16-6-7-21(20-16)10-22-13(3)9-12(2)19-22/h4-9H,10H2,1-3H3,(H,18,24). The molecular weight excluding hydrogens is 336 g/mol. The summed E-state index contributed by atoms with van der Waals surface area (Å²) in [4.78, 5) is 22.7. The lowest BCUT2D eigenvalue weighted by molar-refractivity contribution is -0.384. The van der Waals surface area contributed by atoms with E-state index < -0.39 is 4.92 Å². The van der Waals surface area contributed by atoms with Gasteiger partial charge in [0.1, 0.15) is 6.67 Å². The largest absolute Gasteiger partial charge is 0.320 e. The zero-order valence-corrected chi connectivity index (χ0v) is 14.6. The third-order valence-electron chi connectivity index (χ3n) is 3.92. The Morgan fingerprint density at radius 3 is 2.58 bits per heavy atom. The van der Waals surface area contributed by atoms with Crippen molar-refractivity contribution in [3.63, 3.8) is 0 Å². The Morgan fingerprint density at radius 2 is 1.96 bits per heavy atom. The summed E-state index contributed by atoms with van der Waals surface area (Å²) in [7, 11) is 0. The van der Waals surface area contributed by atoms with Crippen LogP contribution in [0.2, 0.25) is 0 Å². The highest BCUT2D eigenvalue weighted by atomic mass is 16.6. The molecular formula is C17H18N6O3. The highest BCUT2D eigenvalue weighted by molar-refractivity contribution is 6.03. The first-order chi connectivity index (χ1) is 12.3. The average Bonchev–Trinajstić information content (AvgIpc) is 3.16. The van der Waals surface area contributed by atoms with Gasteiger partial charge < -0.3 is 5.32 Å². The van der Waals surface area contributed by atoms with Gasteiger partial charge in [0, 0.05) is 29.7 Å². The number of nitro benzene ring substituents is 1. The molecule has 0 atom stereocenters. The number of carbonyl (C=O) groups is 1. The number of rotatable bonds is 5. The van der Waals surface area contributed by atoms with E-state index in [1.54, 1.807) is 28.6 Å². The van der Waals surface area contributed by atoms with Crippen molar-refractivity contribution in [2.24, 2.45) is 0 Å². The van der Waals surface area contributed by atoms with Crippen LogP contribution in [0.3, 0.4) is 0 Å². The SMILES string of the molecule is Cc1cc(C)n(Cn2ccc(C(=O)Nc3ccc([N+](=O)[O-])cc3C)n2)n1. The number of hydrogen-bond donors (Lipinski definition) is 1. The predicted octanol–water partition coefficient (Wildman–Crippen LogP) is 2.67. The Hall–Kier alpha value is -3.49. The van der Waals surface area contributed by atoms with Crippen LogP contribution < -0.4 is 5.32 Å². The quantitative estimate of drug-likeness (QED) is 0.560. The van der Waals surface area contributed by atoms with Crippen molar-refractivity contribution in [3.05, 3.63) is 69.3 Å². The van der Waals surface area contributed by atoms with Gasteiger partial charge in [0.05, 0.1) is 10.6 Å². The smallest absolute Gasteiger partial charge is 0.276 e. The summed E-state index contributed by atoms with van der Waals surface area (Å²) in [6.45, 7) is 5.97. The molecule has 26 heavy (non-hydrogen) atoms. The third-order valence-corrected chi connectivity index (χ3v) is 3.92. The second kappa shape index (κ2) is 6.79. The lowest BCUT2D eigenvalue weighted by Crippen LogP contribution is -2.16. The van der Waals surface area contributed by atoms with Gasteiger partial charge in [-0.1, -0.05) is 0 Å². The minimum absolute atomic E-state index is 0.0188. The Balaban J connectivity index is 1.72. The van der Waals surface area contributed by atoms with Crippen molar-refractivity contribution in [1.29, 1.82) is 0 Å². The maximum Gasteiger partial charge on any atom is 0.276 e. The highest BCUT2D eigenvalue weighted by Gasteiger charge is 2.14. The van der Waals surface area contributed by atoms with Crippen molar-refractivity contribution in [2.75, 3.05) is 5.32 Å². The number of nitro groups is 1. The molecule has 0 saturated carbocycles. The minimum atomic E-state index is -0.473. The van der Waals surface area contributed by atoms with Gasteiger partial charge in [-0.15, -0.1) is 0 Å². The number of nitrogens with zero attached hydrogens (tertiary/aromatic N) is 5. The van der Waals surface area contributed by atoms with Gasteiger partial charge in [0.2, 0.25) is 0 Å². The fraction of sp³-hybridized carbons (Fsp3) is 0.235. The number of benzene rings is 1. The summed E-state index contributed by atoms with van der Waals surface area (Å²) >= 11 is 0. The number of hydrogen-bond acceptors (Lipinski definition) is 5. The van der Waals surface area contributed by atoms with Gasteiger partial charge in [0.15, 0.2) is 5.69 Å². The average molecular weight is 354 g/mol. The summed E-state index contributed by atoms with van der Waals surface area (Å²) < 4.78 is 3.42. The van der Waals surface area contributed by atoms with Crippen LogP contribution >= 0.6 is 0 Å². The van der Waals surface area contributed by atoms with Crippen LogP contribution in [-0.2, 0) is 6.67 Å².